The van der Waals surface area contributed by atoms with Crippen LogP contribution in [0.2, 0.25) is 0 Å². The Balaban J connectivity index is 2.63. The first-order valence-corrected chi connectivity index (χ1v) is 6.13. The zero-order valence-electron chi connectivity index (χ0n) is 10.4. The molecule has 2 heteroatoms. The number of nitrogens with two attached hydrogens (primary N) is 1. The fraction of sp³-hybridized carbons (Fsp3) is 0.923. The van der Waals surface area contributed by atoms with E-state index in [4.69, 9.17) is 5.73 Å². The third-order valence-electron chi connectivity index (χ3n) is 3.72. The summed E-state index contributed by atoms with van der Waals surface area (Å²) < 4.78 is 0. The van der Waals surface area contributed by atoms with Crippen LogP contribution in [0, 0.1) is 10.8 Å². The Morgan fingerprint density at radius 2 is 1.73 bits per heavy atom. The number of carbonyl (C=O) groups excluding carboxylic acids is 1. The third-order valence-corrected chi connectivity index (χ3v) is 3.72. The Bertz CT molecular complexity index is 221. The van der Waals surface area contributed by atoms with Crippen LogP contribution < -0.4 is 5.73 Å². The summed E-state index contributed by atoms with van der Waals surface area (Å²) in [5.74, 6) is 0.370. The number of carbonyl (C=O) groups is 1. The molecular formula is C13H25NO. The quantitative estimate of drug-likeness (QED) is 0.780. The highest BCUT2D eigenvalue weighted by atomic mass is 16.1. The fourth-order valence-electron chi connectivity index (χ4n) is 2.36. The highest BCUT2D eigenvalue weighted by molar-refractivity contribution is 5.84. The molecule has 1 saturated carbocycles. The molecule has 0 heterocycles. The Morgan fingerprint density at radius 1 is 1.20 bits per heavy atom. The van der Waals surface area contributed by atoms with Crippen molar-refractivity contribution in [3.63, 3.8) is 0 Å². The Kier molecular flexibility index (Phi) is 3.93. The van der Waals surface area contributed by atoms with Crippen LogP contribution in [0.4, 0.5) is 0 Å². The fourth-order valence-corrected chi connectivity index (χ4v) is 2.36. The molecule has 2 nitrogen and oxygen atoms in total. The third kappa shape index (κ3) is 3.30. The summed E-state index contributed by atoms with van der Waals surface area (Å²) in [5, 5.41) is 0. The molecule has 1 fully saturated rings. The zero-order chi connectivity index (χ0) is 11.5. The second-order valence-corrected chi connectivity index (χ2v) is 6.11. The van der Waals surface area contributed by atoms with Gasteiger partial charge in [0.25, 0.3) is 0 Å². The smallest absolute Gasteiger partial charge is 0.138 e. The molecule has 0 saturated heterocycles. The molecule has 0 atom stereocenters. The van der Waals surface area contributed by atoms with E-state index in [2.05, 4.69) is 0 Å². The SMILES string of the molecule is CC(C)(C)C(=O)CC1(CN)CCCCC1. The maximum atomic E-state index is 12.0. The molecule has 0 amide bonds. The number of rotatable bonds is 3. The average molecular weight is 211 g/mol. The van der Waals surface area contributed by atoms with Gasteiger partial charge in [-0.1, -0.05) is 40.0 Å². The minimum atomic E-state index is -0.209. The van der Waals surface area contributed by atoms with Gasteiger partial charge in [0.05, 0.1) is 0 Å². The van der Waals surface area contributed by atoms with Crippen LogP contribution in [-0.4, -0.2) is 12.3 Å². The summed E-state index contributed by atoms with van der Waals surface area (Å²) in [7, 11) is 0. The van der Waals surface area contributed by atoms with Crippen LogP contribution in [0.15, 0.2) is 0 Å². The van der Waals surface area contributed by atoms with E-state index in [1.54, 1.807) is 0 Å². The summed E-state index contributed by atoms with van der Waals surface area (Å²) in [6.45, 7) is 6.68. The van der Waals surface area contributed by atoms with Crippen LogP contribution in [0.5, 0.6) is 0 Å². The second-order valence-electron chi connectivity index (χ2n) is 6.11. The van der Waals surface area contributed by atoms with E-state index < -0.39 is 0 Å². The van der Waals surface area contributed by atoms with Crippen LogP contribution in [-0.2, 0) is 4.79 Å². The molecule has 1 aliphatic rings. The largest absolute Gasteiger partial charge is 0.330 e. The van der Waals surface area contributed by atoms with E-state index in [1.807, 2.05) is 20.8 Å². The van der Waals surface area contributed by atoms with Crippen LogP contribution in [0.3, 0.4) is 0 Å². The van der Waals surface area contributed by atoms with Gasteiger partial charge in [-0.15, -0.1) is 0 Å². The summed E-state index contributed by atoms with van der Waals surface area (Å²) in [5.41, 5.74) is 5.80. The van der Waals surface area contributed by atoms with E-state index in [-0.39, 0.29) is 10.8 Å². The van der Waals surface area contributed by atoms with E-state index in [9.17, 15) is 4.79 Å². The lowest BCUT2D eigenvalue weighted by Gasteiger charge is -2.37. The second kappa shape index (κ2) is 4.65. The molecule has 1 aliphatic carbocycles. The lowest BCUT2D eigenvalue weighted by molar-refractivity contribution is -0.129. The Labute approximate surface area is 93.6 Å². The maximum absolute atomic E-state index is 12.0. The minimum absolute atomic E-state index is 0.128. The minimum Gasteiger partial charge on any atom is -0.330 e. The van der Waals surface area contributed by atoms with Gasteiger partial charge in [-0.3, -0.25) is 4.79 Å². The van der Waals surface area contributed by atoms with Crippen molar-refractivity contribution in [1.29, 1.82) is 0 Å². The molecule has 0 aliphatic heterocycles. The first-order valence-electron chi connectivity index (χ1n) is 6.13. The lowest BCUT2D eigenvalue weighted by Crippen LogP contribution is -2.37. The molecule has 1 rings (SSSR count). The lowest BCUT2D eigenvalue weighted by atomic mass is 9.68. The average Bonchev–Trinajstić information content (AvgIpc) is 2.18. The van der Waals surface area contributed by atoms with Gasteiger partial charge in [0.15, 0.2) is 0 Å². The maximum Gasteiger partial charge on any atom is 0.138 e. The summed E-state index contributed by atoms with van der Waals surface area (Å²) in [6, 6.07) is 0. The number of hydrogen-bond acceptors (Lipinski definition) is 2. The molecule has 0 radical (unpaired) electrons. The topological polar surface area (TPSA) is 43.1 Å². The van der Waals surface area contributed by atoms with Crippen molar-refractivity contribution in [2.24, 2.45) is 16.6 Å². The molecular weight excluding hydrogens is 186 g/mol. The first-order chi connectivity index (χ1) is 6.90. The van der Waals surface area contributed by atoms with Crippen molar-refractivity contribution in [3.8, 4) is 0 Å². The van der Waals surface area contributed by atoms with Gasteiger partial charge in [-0.2, -0.15) is 0 Å². The standard InChI is InChI=1S/C13H25NO/c1-12(2,3)11(15)9-13(10-14)7-5-4-6-8-13/h4-10,14H2,1-3H3. The highest BCUT2D eigenvalue weighted by Gasteiger charge is 2.35. The van der Waals surface area contributed by atoms with E-state index in [0.717, 1.165) is 12.8 Å². The highest BCUT2D eigenvalue weighted by Crippen LogP contribution is 2.40. The van der Waals surface area contributed by atoms with Crippen molar-refractivity contribution in [2.45, 2.75) is 59.3 Å². The van der Waals surface area contributed by atoms with Crippen molar-refractivity contribution < 1.29 is 4.79 Å². The molecule has 0 aromatic carbocycles. The Hall–Kier alpha value is -0.370. The van der Waals surface area contributed by atoms with Crippen molar-refractivity contribution >= 4 is 5.78 Å². The van der Waals surface area contributed by atoms with Crippen molar-refractivity contribution in [1.82, 2.24) is 0 Å². The molecule has 88 valence electrons. The molecule has 0 unspecified atom stereocenters. The predicted molar refractivity (Wildman–Crippen MR) is 63.7 cm³/mol. The van der Waals surface area contributed by atoms with Crippen molar-refractivity contribution in [3.05, 3.63) is 0 Å². The molecule has 0 spiro atoms. The van der Waals surface area contributed by atoms with Gasteiger partial charge in [0.1, 0.15) is 5.78 Å². The number of ketones is 1. The summed E-state index contributed by atoms with van der Waals surface area (Å²) >= 11 is 0. The summed E-state index contributed by atoms with van der Waals surface area (Å²) in [4.78, 5) is 12.0. The monoisotopic (exact) mass is 211 g/mol. The van der Waals surface area contributed by atoms with Gasteiger partial charge in [0, 0.05) is 11.8 Å². The van der Waals surface area contributed by atoms with E-state index in [1.165, 1.54) is 19.3 Å². The molecule has 15 heavy (non-hydrogen) atoms. The van der Waals surface area contributed by atoms with Gasteiger partial charge in [-0.05, 0) is 24.8 Å². The van der Waals surface area contributed by atoms with Gasteiger partial charge >= 0.3 is 0 Å². The van der Waals surface area contributed by atoms with Gasteiger partial charge < -0.3 is 5.73 Å². The molecule has 0 aromatic rings. The van der Waals surface area contributed by atoms with Crippen LogP contribution >= 0.6 is 0 Å². The van der Waals surface area contributed by atoms with E-state index in [0.29, 0.717) is 18.7 Å². The first kappa shape index (κ1) is 12.7. The molecule has 2 N–H and O–H groups in total. The predicted octanol–water partition coefficient (Wildman–Crippen LogP) is 2.90. The summed E-state index contributed by atoms with van der Waals surface area (Å²) in [6.07, 6.45) is 6.78. The Morgan fingerprint density at radius 3 is 2.13 bits per heavy atom. The molecule has 0 bridgehead atoms. The molecule has 0 aromatic heterocycles. The van der Waals surface area contributed by atoms with Gasteiger partial charge in [0.2, 0.25) is 0 Å². The van der Waals surface area contributed by atoms with Gasteiger partial charge in [-0.25, -0.2) is 0 Å². The van der Waals surface area contributed by atoms with Crippen LogP contribution in [0.25, 0.3) is 0 Å². The van der Waals surface area contributed by atoms with Crippen LogP contribution in [0.1, 0.15) is 59.3 Å². The number of hydrogen-bond donors (Lipinski definition) is 1. The zero-order valence-corrected chi connectivity index (χ0v) is 10.4. The van der Waals surface area contributed by atoms with Crippen molar-refractivity contribution in [2.75, 3.05) is 6.54 Å². The van der Waals surface area contributed by atoms with E-state index >= 15 is 0 Å². The number of Topliss-reactive ketones (excluding diaryl/α,β-unsaturated/α-hetero) is 1. The normalized spacial score (nSPS) is 21.3.